The Kier molecular flexibility index (Phi) is 5.21. The van der Waals surface area contributed by atoms with Crippen molar-refractivity contribution in [3.8, 4) is 0 Å². The fourth-order valence-electron chi connectivity index (χ4n) is 4.06. The van der Waals surface area contributed by atoms with Crippen molar-refractivity contribution in [2.75, 3.05) is 28.6 Å². The molecule has 1 fully saturated rings. The molecule has 7 heteroatoms. The van der Waals surface area contributed by atoms with E-state index in [4.69, 9.17) is 4.98 Å². The summed E-state index contributed by atoms with van der Waals surface area (Å²) in [7, 11) is 0. The number of thioether (sulfide) groups is 1. The maximum absolute atomic E-state index is 4.90. The van der Waals surface area contributed by atoms with Gasteiger partial charge in [-0.1, -0.05) is 23.9 Å². The van der Waals surface area contributed by atoms with Crippen LogP contribution in [0.15, 0.2) is 47.6 Å². The van der Waals surface area contributed by atoms with E-state index < -0.39 is 0 Å². The molecule has 0 radical (unpaired) electrons. The predicted octanol–water partition coefficient (Wildman–Crippen LogP) is 5.44. The number of piperidine rings is 1. The van der Waals surface area contributed by atoms with Gasteiger partial charge in [0.05, 0.1) is 16.3 Å². The van der Waals surface area contributed by atoms with Gasteiger partial charge in [-0.3, -0.25) is 4.98 Å². The van der Waals surface area contributed by atoms with Gasteiger partial charge in [0.25, 0.3) is 0 Å². The highest BCUT2D eigenvalue weighted by molar-refractivity contribution is 8.00. The average Bonchev–Trinajstić information content (AvgIpc) is 3.19. The van der Waals surface area contributed by atoms with Gasteiger partial charge in [0.1, 0.15) is 22.8 Å². The van der Waals surface area contributed by atoms with E-state index in [1.165, 1.54) is 30.4 Å². The van der Waals surface area contributed by atoms with Gasteiger partial charge in [-0.15, -0.1) is 0 Å². The zero-order chi connectivity index (χ0) is 20.5. The summed E-state index contributed by atoms with van der Waals surface area (Å²) in [6, 6.07) is 10.3. The molecule has 2 aliphatic heterocycles. The van der Waals surface area contributed by atoms with E-state index in [2.05, 4.69) is 57.5 Å². The number of fused-ring (bicyclic) bond motifs is 1. The number of nitrogens with one attached hydrogen (secondary N) is 2. The van der Waals surface area contributed by atoms with E-state index in [0.717, 1.165) is 46.8 Å². The molecule has 0 amide bonds. The van der Waals surface area contributed by atoms with E-state index in [9.17, 15) is 0 Å². The van der Waals surface area contributed by atoms with Gasteiger partial charge in [0.15, 0.2) is 0 Å². The smallest absolute Gasteiger partial charge is 0.133 e. The summed E-state index contributed by atoms with van der Waals surface area (Å²) in [6.45, 7) is 6.41. The molecule has 3 aromatic rings. The summed E-state index contributed by atoms with van der Waals surface area (Å²) in [5.74, 6) is 2.71. The first-order valence-corrected chi connectivity index (χ1v) is 11.4. The fourth-order valence-corrected chi connectivity index (χ4v) is 5.21. The van der Waals surface area contributed by atoms with Crippen molar-refractivity contribution >= 4 is 34.9 Å². The number of hydrogen-bond donors (Lipinski definition) is 2. The summed E-state index contributed by atoms with van der Waals surface area (Å²) in [4.78, 5) is 17.6. The molecular formula is C23H26N6S. The highest BCUT2D eigenvalue weighted by Crippen LogP contribution is 2.46. The minimum atomic E-state index is 0.112. The lowest BCUT2D eigenvalue weighted by Crippen LogP contribution is -2.30. The largest absolute Gasteiger partial charge is 0.367 e. The standard InChI is InChI=1S/C23H26N6S/c1-15-7-6-10-24-21(15)23-26-17-13-20(25-14-18(17)30-23)27-19-9-8-16(2)22(28-19)29-11-4-3-5-12-29/h6-10,13-14,23,26H,3-5,11-12H2,1-2H3,(H,25,27,28). The molecule has 30 heavy (non-hydrogen) atoms. The Hall–Kier alpha value is -2.80. The van der Waals surface area contributed by atoms with Crippen molar-refractivity contribution in [3.05, 3.63) is 59.5 Å². The van der Waals surface area contributed by atoms with Crippen LogP contribution in [0.1, 0.15) is 41.5 Å². The van der Waals surface area contributed by atoms with Gasteiger partial charge in [-0.05, 0) is 56.4 Å². The van der Waals surface area contributed by atoms with Crippen LogP contribution in [0.3, 0.4) is 0 Å². The molecule has 3 aromatic heterocycles. The third-order valence-electron chi connectivity index (χ3n) is 5.68. The predicted molar refractivity (Wildman–Crippen MR) is 124 cm³/mol. The minimum absolute atomic E-state index is 0.112. The zero-order valence-corrected chi connectivity index (χ0v) is 18.2. The Morgan fingerprint density at radius 3 is 2.73 bits per heavy atom. The molecule has 5 rings (SSSR count). The van der Waals surface area contributed by atoms with Crippen LogP contribution < -0.4 is 15.5 Å². The topological polar surface area (TPSA) is 66.0 Å². The number of rotatable bonds is 4. The van der Waals surface area contributed by atoms with Crippen molar-refractivity contribution in [1.82, 2.24) is 15.0 Å². The van der Waals surface area contributed by atoms with Crippen LogP contribution in [0.4, 0.5) is 23.1 Å². The third-order valence-corrected chi connectivity index (χ3v) is 6.84. The number of aryl methyl sites for hydroxylation is 2. The van der Waals surface area contributed by atoms with Crippen molar-refractivity contribution in [2.45, 2.75) is 43.4 Å². The Balaban J connectivity index is 1.34. The van der Waals surface area contributed by atoms with Crippen LogP contribution in [0.25, 0.3) is 0 Å². The second kappa shape index (κ2) is 8.14. The number of nitrogens with zero attached hydrogens (tertiary/aromatic N) is 4. The van der Waals surface area contributed by atoms with Gasteiger partial charge >= 0.3 is 0 Å². The molecule has 5 heterocycles. The summed E-state index contributed by atoms with van der Waals surface area (Å²) in [5.41, 5.74) is 4.56. The highest BCUT2D eigenvalue weighted by atomic mass is 32.2. The maximum Gasteiger partial charge on any atom is 0.133 e. The van der Waals surface area contributed by atoms with Crippen molar-refractivity contribution in [1.29, 1.82) is 0 Å². The van der Waals surface area contributed by atoms with Crippen LogP contribution in [-0.2, 0) is 0 Å². The molecule has 2 aliphatic rings. The summed E-state index contributed by atoms with van der Waals surface area (Å²) >= 11 is 1.76. The van der Waals surface area contributed by atoms with E-state index >= 15 is 0 Å². The molecule has 0 spiro atoms. The lowest BCUT2D eigenvalue weighted by Gasteiger charge is -2.29. The summed E-state index contributed by atoms with van der Waals surface area (Å²) in [6.07, 6.45) is 7.57. The highest BCUT2D eigenvalue weighted by Gasteiger charge is 2.26. The quantitative estimate of drug-likeness (QED) is 0.585. The average molecular weight is 419 g/mol. The number of aromatic nitrogens is 3. The van der Waals surface area contributed by atoms with Gasteiger partial charge in [0, 0.05) is 31.5 Å². The minimum Gasteiger partial charge on any atom is -0.367 e. The zero-order valence-electron chi connectivity index (χ0n) is 17.4. The molecule has 6 nitrogen and oxygen atoms in total. The molecule has 2 N–H and O–H groups in total. The first kappa shape index (κ1) is 19.2. The van der Waals surface area contributed by atoms with Gasteiger partial charge in [-0.2, -0.15) is 0 Å². The number of pyridine rings is 3. The molecule has 1 unspecified atom stereocenters. The van der Waals surface area contributed by atoms with Crippen LogP contribution in [-0.4, -0.2) is 28.0 Å². The van der Waals surface area contributed by atoms with Crippen molar-refractivity contribution < 1.29 is 0 Å². The van der Waals surface area contributed by atoms with Gasteiger partial charge in [0.2, 0.25) is 0 Å². The Morgan fingerprint density at radius 2 is 1.90 bits per heavy atom. The second-order valence-corrected chi connectivity index (χ2v) is 9.07. The molecule has 1 atom stereocenters. The van der Waals surface area contributed by atoms with E-state index in [0.29, 0.717) is 0 Å². The van der Waals surface area contributed by atoms with Crippen LogP contribution in [0.2, 0.25) is 0 Å². The molecular weight excluding hydrogens is 392 g/mol. The Labute approximate surface area is 181 Å². The SMILES string of the molecule is Cc1cccnc1C1Nc2cc(Nc3ccc(C)c(N4CCCCC4)n3)ncc2S1. The molecule has 1 saturated heterocycles. The first-order valence-electron chi connectivity index (χ1n) is 10.5. The van der Waals surface area contributed by atoms with Gasteiger partial charge < -0.3 is 15.5 Å². The molecule has 0 aliphatic carbocycles. The van der Waals surface area contributed by atoms with Gasteiger partial charge in [-0.25, -0.2) is 9.97 Å². The number of anilines is 4. The van der Waals surface area contributed by atoms with E-state index in [1.807, 2.05) is 24.5 Å². The fraction of sp³-hybridized carbons (Fsp3) is 0.348. The molecule has 154 valence electrons. The van der Waals surface area contributed by atoms with Crippen molar-refractivity contribution in [3.63, 3.8) is 0 Å². The summed E-state index contributed by atoms with van der Waals surface area (Å²) in [5, 5.41) is 7.09. The molecule has 0 aromatic carbocycles. The monoisotopic (exact) mass is 418 g/mol. The summed E-state index contributed by atoms with van der Waals surface area (Å²) < 4.78 is 0. The second-order valence-electron chi connectivity index (χ2n) is 7.92. The number of hydrogen-bond acceptors (Lipinski definition) is 7. The molecule has 0 bridgehead atoms. The Bertz CT molecular complexity index is 1060. The lowest BCUT2D eigenvalue weighted by molar-refractivity contribution is 0.572. The normalized spacial score (nSPS) is 18.1. The maximum atomic E-state index is 4.90. The molecule has 0 saturated carbocycles. The Morgan fingerprint density at radius 1 is 1.03 bits per heavy atom. The van der Waals surface area contributed by atoms with E-state index in [1.54, 1.807) is 11.8 Å². The lowest BCUT2D eigenvalue weighted by atomic mass is 10.1. The third kappa shape index (κ3) is 3.81. The van der Waals surface area contributed by atoms with Crippen molar-refractivity contribution in [2.24, 2.45) is 0 Å². The van der Waals surface area contributed by atoms with Crippen LogP contribution in [0.5, 0.6) is 0 Å². The first-order chi connectivity index (χ1) is 14.7. The van der Waals surface area contributed by atoms with Crippen LogP contribution in [0, 0.1) is 13.8 Å². The van der Waals surface area contributed by atoms with Crippen LogP contribution >= 0.6 is 11.8 Å². The van der Waals surface area contributed by atoms with E-state index in [-0.39, 0.29) is 5.37 Å².